The van der Waals surface area contributed by atoms with E-state index in [1.807, 2.05) is 30.1 Å². The molecular weight excluding hydrogens is 522 g/mol. The molecule has 3 aromatic rings. The topological polar surface area (TPSA) is 31.2 Å². The van der Waals surface area contributed by atoms with Crippen molar-refractivity contribution in [1.29, 1.82) is 0 Å². The minimum absolute atomic E-state index is 0. The molecule has 0 atom stereocenters. The molecule has 0 bridgehead atoms. The van der Waals surface area contributed by atoms with Crippen LogP contribution in [0.5, 0.6) is 0 Å². The molecule has 2 aliphatic rings. The molecular formula is C33H40F2N4S. The van der Waals surface area contributed by atoms with E-state index in [1.54, 1.807) is 5.56 Å². The summed E-state index contributed by atoms with van der Waals surface area (Å²) in [5.74, 6) is 1.70. The van der Waals surface area contributed by atoms with Crippen molar-refractivity contribution in [3.63, 3.8) is 0 Å². The third-order valence-electron chi connectivity index (χ3n) is 7.68. The Balaban J connectivity index is 0.00000370. The van der Waals surface area contributed by atoms with Crippen LogP contribution in [0.2, 0.25) is 0 Å². The largest absolute Gasteiger partial charge is 0.312 e. The second-order valence-electron chi connectivity index (χ2n) is 10.2. The number of hydrogen-bond acceptors (Lipinski definition) is 5. The molecule has 0 N–H and O–H groups in total. The summed E-state index contributed by atoms with van der Waals surface area (Å²) in [6.45, 7) is 6.38. The van der Waals surface area contributed by atoms with Crippen molar-refractivity contribution in [3.05, 3.63) is 101 Å². The van der Waals surface area contributed by atoms with E-state index in [2.05, 4.69) is 87.0 Å². The third-order valence-corrected chi connectivity index (χ3v) is 8.69. The molecule has 5 rings (SSSR count). The third kappa shape index (κ3) is 7.58. The number of alkyl halides is 2. The average molecular weight is 563 g/mol. The van der Waals surface area contributed by atoms with Gasteiger partial charge in [-0.2, -0.15) is 10.2 Å². The van der Waals surface area contributed by atoms with Gasteiger partial charge in [0.15, 0.2) is 0 Å². The highest BCUT2D eigenvalue weighted by atomic mass is 32.2. The van der Waals surface area contributed by atoms with Crippen molar-refractivity contribution in [2.45, 2.75) is 58.9 Å². The van der Waals surface area contributed by atoms with E-state index in [1.165, 1.54) is 29.7 Å². The number of nitrogens with zero attached hydrogens (tertiary/aromatic N) is 4. The van der Waals surface area contributed by atoms with Crippen LogP contribution in [0.15, 0.2) is 89.1 Å². The van der Waals surface area contributed by atoms with Gasteiger partial charge >= 0.3 is 0 Å². The maximum Gasteiger partial charge on any atom is 0.278 e. The summed E-state index contributed by atoms with van der Waals surface area (Å²) in [5, 5.41) is 7.61. The van der Waals surface area contributed by atoms with E-state index < -0.39 is 6.43 Å². The summed E-state index contributed by atoms with van der Waals surface area (Å²) in [6, 6.07) is 27.5. The standard InChI is InChI=1S/C32H36F2N4S.CH4/c1-2-25-8-6-7-11-29(25)26-16-18-37(19-17-26)20-21-39-38(28-9-4-3-5-10-28)23-24-12-14-27(15-13-24)30-22-31(32(33)34)36-35-30;/h3-15,26,32H,2,16-23H2,1H3;1H4. The van der Waals surface area contributed by atoms with Crippen LogP contribution in [0, 0.1) is 0 Å². The van der Waals surface area contributed by atoms with E-state index in [9.17, 15) is 8.78 Å². The van der Waals surface area contributed by atoms with Crippen LogP contribution in [0.1, 0.15) is 61.8 Å². The van der Waals surface area contributed by atoms with Crippen molar-refractivity contribution < 1.29 is 8.78 Å². The zero-order chi connectivity index (χ0) is 27.0. The molecule has 0 amide bonds. The van der Waals surface area contributed by atoms with Gasteiger partial charge in [0.1, 0.15) is 5.71 Å². The number of likely N-dealkylation sites (tertiary alicyclic amines) is 1. The van der Waals surface area contributed by atoms with Gasteiger partial charge in [0.05, 0.1) is 12.3 Å². The van der Waals surface area contributed by atoms with Gasteiger partial charge in [0.2, 0.25) is 0 Å². The minimum atomic E-state index is -2.55. The number of benzene rings is 3. The molecule has 0 aromatic heterocycles. The van der Waals surface area contributed by atoms with Crippen LogP contribution in [-0.4, -0.2) is 48.1 Å². The van der Waals surface area contributed by atoms with Crippen molar-refractivity contribution in [2.24, 2.45) is 10.2 Å². The minimum Gasteiger partial charge on any atom is -0.312 e. The Bertz CT molecular complexity index is 1270. The zero-order valence-electron chi connectivity index (χ0n) is 22.5. The second-order valence-corrected chi connectivity index (χ2v) is 11.3. The molecule has 7 heteroatoms. The highest BCUT2D eigenvalue weighted by Gasteiger charge is 2.23. The normalized spacial score (nSPS) is 16.0. The van der Waals surface area contributed by atoms with E-state index in [-0.39, 0.29) is 19.6 Å². The first-order valence-electron chi connectivity index (χ1n) is 13.9. The van der Waals surface area contributed by atoms with Crippen LogP contribution in [0.3, 0.4) is 0 Å². The first-order valence-corrected chi connectivity index (χ1v) is 14.8. The van der Waals surface area contributed by atoms with Crippen molar-refractivity contribution in [3.8, 4) is 0 Å². The Morgan fingerprint density at radius 2 is 1.62 bits per heavy atom. The number of para-hydroxylation sites is 1. The van der Waals surface area contributed by atoms with Crippen molar-refractivity contribution >= 4 is 29.1 Å². The van der Waals surface area contributed by atoms with E-state index in [4.69, 9.17) is 0 Å². The Kier molecular flexibility index (Phi) is 10.9. The molecule has 2 heterocycles. The van der Waals surface area contributed by atoms with Crippen molar-refractivity contribution in [1.82, 2.24) is 4.90 Å². The molecule has 4 nitrogen and oxygen atoms in total. The van der Waals surface area contributed by atoms with Gasteiger partial charge in [-0.25, -0.2) is 8.78 Å². The number of anilines is 1. The molecule has 3 aromatic carbocycles. The first kappa shape index (κ1) is 29.9. The lowest BCUT2D eigenvalue weighted by Crippen LogP contribution is -2.35. The van der Waals surface area contributed by atoms with Gasteiger partial charge < -0.3 is 9.21 Å². The number of aryl methyl sites for hydroxylation is 1. The van der Waals surface area contributed by atoms with Gasteiger partial charge in [0, 0.05) is 24.4 Å². The van der Waals surface area contributed by atoms with Crippen LogP contribution >= 0.6 is 11.9 Å². The highest BCUT2D eigenvalue weighted by molar-refractivity contribution is 8.00. The lowest BCUT2D eigenvalue weighted by molar-refractivity contribution is 0.224. The van der Waals surface area contributed by atoms with Crippen molar-refractivity contribution in [2.75, 3.05) is 29.7 Å². The predicted molar refractivity (Wildman–Crippen MR) is 167 cm³/mol. The molecule has 2 aliphatic heterocycles. The maximum atomic E-state index is 12.9. The molecule has 0 saturated carbocycles. The van der Waals surface area contributed by atoms with Gasteiger partial charge in [-0.1, -0.05) is 81.1 Å². The fourth-order valence-electron chi connectivity index (χ4n) is 5.42. The quantitative estimate of drug-likeness (QED) is 0.221. The number of halogens is 2. The van der Waals surface area contributed by atoms with Gasteiger partial charge in [-0.3, -0.25) is 0 Å². The molecule has 1 saturated heterocycles. The lowest BCUT2D eigenvalue weighted by atomic mass is 9.86. The lowest BCUT2D eigenvalue weighted by Gasteiger charge is -2.33. The summed E-state index contributed by atoms with van der Waals surface area (Å²) in [6.07, 6.45) is 1.13. The number of hydrogen-bond donors (Lipinski definition) is 0. The van der Waals surface area contributed by atoms with Gasteiger partial charge in [0.25, 0.3) is 6.43 Å². The molecule has 212 valence electrons. The predicted octanol–water partition coefficient (Wildman–Crippen LogP) is 8.23. The Labute approximate surface area is 242 Å². The number of rotatable bonds is 11. The zero-order valence-corrected chi connectivity index (χ0v) is 23.3. The maximum absolute atomic E-state index is 12.9. The Hall–Kier alpha value is -3.03. The summed E-state index contributed by atoms with van der Waals surface area (Å²) in [4.78, 5) is 2.61. The Morgan fingerprint density at radius 1 is 0.925 bits per heavy atom. The van der Waals surface area contributed by atoms with E-state index in [0.29, 0.717) is 11.6 Å². The molecule has 0 spiro atoms. The summed E-state index contributed by atoms with van der Waals surface area (Å²) in [7, 11) is 0. The molecule has 0 unspecified atom stereocenters. The fraction of sp³-hybridized carbons (Fsp3) is 0.394. The smallest absolute Gasteiger partial charge is 0.278 e. The van der Waals surface area contributed by atoms with E-state index in [0.717, 1.165) is 43.9 Å². The fourth-order valence-corrected chi connectivity index (χ4v) is 6.50. The second kappa shape index (κ2) is 14.6. The van der Waals surface area contributed by atoms with E-state index >= 15 is 0 Å². The Morgan fingerprint density at radius 3 is 2.30 bits per heavy atom. The molecule has 40 heavy (non-hydrogen) atoms. The molecule has 0 radical (unpaired) electrons. The summed E-state index contributed by atoms with van der Waals surface area (Å²) in [5.41, 5.74) is 6.69. The number of piperidine rings is 1. The molecule has 0 aliphatic carbocycles. The average Bonchev–Trinajstić information content (AvgIpc) is 3.49. The van der Waals surface area contributed by atoms with Gasteiger partial charge in [-0.15, -0.1) is 0 Å². The molecule has 1 fully saturated rings. The summed E-state index contributed by atoms with van der Waals surface area (Å²) >= 11 is 1.87. The van der Waals surface area contributed by atoms with Crippen LogP contribution in [-0.2, 0) is 13.0 Å². The highest BCUT2D eigenvalue weighted by Crippen LogP contribution is 2.31. The monoisotopic (exact) mass is 562 g/mol. The van der Waals surface area contributed by atoms with Crippen LogP contribution < -0.4 is 4.31 Å². The van der Waals surface area contributed by atoms with Gasteiger partial charge in [-0.05, 0) is 84.6 Å². The van der Waals surface area contributed by atoms with Crippen LogP contribution in [0.25, 0.3) is 0 Å². The summed E-state index contributed by atoms with van der Waals surface area (Å²) < 4.78 is 28.2. The SMILES string of the molecule is C.CCc1ccccc1C1CCN(CCSN(Cc2ccc(C3=NN=C(C(F)F)C3)cc2)c2ccccc2)CC1. The van der Waals surface area contributed by atoms with Crippen LogP contribution in [0.4, 0.5) is 14.5 Å². The first-order chi connectivity index (χ1) is 19.1.